The Morgan fingerprint density at radius 3 is 2.33 bits per heavy atom. The summed E-state index contributed by atoms with van der Waals surface area (Å²) in [5.41, 5.74) is 5.47. The fourth-order valence-electron chi connectivity index (χ4n) is 1.29. The molecule has 0 saturated heterocycles. The van der Waals surface area contributed by atoms with E-state index in [-0.39, 0.29) is 11.7 Å². The maximum absolute atomic E-state index is 11.4. The Morgan fingerprint density at radius 1 is 1.27 bits per heavy atom. The standard InChI is InChI=1S/C10H24N2O2S/c1-9(2)8-15(13,14)12-6-4-5-10(3)7-11/h9-10,12H,4-8,11H2,1-3H3. The first-order valence-corrected chi connectivity index (χ1v) is 7.20. The molecule has 0 amide bonds. The van der Waals surface area contributed by atoms with Crippen molar-refractivity contribution in [1.29, 1.82) is 0 Å². The minimum Gasteiger partial charge on any atom is -0.330 e. The third-order valence-electron chi connectivity index (χ3n) is 2.15. The van der Waals surface area contributed by atoms with E-state index < -0.39 is 10.0 Å². The van der Waals surface area contributed by atoms with Crippen LogP contribution in [0.1, 0.15) is 33.6 Å². The fourth-order valence-corrected chi connectivity index (χ4v) is 2.74. The lowest BCUT2D eigenvalue weighted by Gasteiger charge is -2.10. The Kier molecular flexibility index (Phi) is 7.13. The Hall–Kier alpha value is -0.130. The lowest BCUT2D eigenvalue weighted by Crippen LogP contribution is -2.29. The summed E-state index contributed by atoms with van der Waals surface area (Å²) in [6.07, 6.45) is 1.83. The molecule has 0 aliphatic carbocycles. The van der Waals surface area contributed by atoms with Crippen molar-refractivity contribution in [1.82, 2.24) is 4.72 Å². The van der Waals surface area contributed by atoms with E-state index in [0.717, 1.165) is 12.8 Å². The van der Waals surface area contributed by atoms with Gasteiger partial charge in [0.25, 0.3) is 0 Å². The number of sulfonamides is 1. The van der Waals surface area contributed by atoms with Crippen molar-refractivity contribution in [3.05, 3.63) is 0 Å². The van der Waals surface area contributed by atoms with Crippen LogP contribution >= 0.6 is 0 Å². The summed E-state index contributed by atoms with van der Waals surface area (Å²) in [5, 5.41) is 0. The van der Waals surface area contributed by atoms with Gasteiger partial charge in [0.1, 0.15) is 0 Å². The van der Waals surface area contributed by atoms with E-state index in [2.05, 4.69) is 11.6 Å². The maximum atomic E-state index is 11.4. The zero-order chi connectivity index (χ0) is 11.9. The summed E-state index contributed by atoms with van der Waals surface area (Å²) in [5.74, 6) is 0.851. The highest BCUT2D eigenvalue weighted by Crippen LogP contribution is 2.03. The van der Waals surface area contributed by atoms with Gasteiger partial charge in [-0.25, -0.2) is 13.1 Å². The van der Waals surface area contributed by atoms with Gasteiger partial charge in [0, 0.05) is 6.54 Å². The van der Waals surface area contributed by atoms with Crippen molar-refractivity contribution in [3.8, 4) is 0 Å². The van der Waals surface area contributed by atoms with Gasteiger partial charge in [0.15, 0.2) is 0 Å². The summed E-state index contributed by atoms with van der Waals surface area (Å²) in [6.45, 7) is 7.06. The van der Waals surface area contributed by atoms with Crippen molar-refractivity contribution in [2.24, 2.45) is 17.6 Å². The summed E-state index contributed by atoms with van der Waals surface area (Å²) >= 11 is 0. The van der Waals surface area contributed by atoms with Gasteiger partial charge in [-0.1, -0.05) is 20.8 Å². The van der Waals surface area contributed by atoms with Crippen LogP contribution in [0.3, 0.4) is 0 Å². The normalized spacial score (nSPS) is 14.5. The van der Waals surface area contributed by atoms with E-state index in [1.807, 2.05) is 13.8 Å². The molecule has 0 spiro atoms. The molecule has 4 nitrogen and oxygen atoms in total. The number of hydrogen-bond acceptors (Lipinski definition) is 3. The van der Waals surface area contributed by atoms with E-state index in [1.165, 1.54) is 0 Å². The molecule has 0 fully saturated rings. The molecule has 92 valence electrons. The van der Waals surface area contributed by atoms with Gasteiger partial charge in [0.05, 0.1) is 5.75 Å². The van der Waals surface area contributed by atoms with Gasteiger partial charge in [-0.15, -0.1) is 0 Å². The van der Waals surface area contributed by atoms with Crippen LogP contribution in [0.15, 0.2) is 0 Å². The highest BCUT2D eigenvalue weighted by Gasteiger charge is 2.11. The summed E-state index contributed by atoms with van der Waals surface area (Å²) in [7, 11) is -3.07. The van der Waals surface area contributed by atoms with Crippen molar-refractivity contribution in [2.75, 3.05) is 18.8 Å². The van der Waals surface area contributed by atoms with E-state index >= 15 is 0 Å². The maximum Gasteiger partial charge on any atom is 0.211 e. The molecule has 0 aliphatic heterocycles. The van der Waals surface area contributed by atoms with Crippen molar-refractivity contribution in [2.45, 2.75) is 33.6 Å². The summed E-state index contributed by atoms with van der Waals surface area (Å²) in [4.78, 5) is 0. The Balaban J connectivity index is 3.67. The first-order valence-electron chi connectivity index (χ1n) is 5.54. The first-order chi connectivity index (χ1) is 6.87. The van der Waals surface area contributed by atoms with Crippen LogP contribution in [-0.2, 0) is 10.0 Å². The molecule has 5 heteroatoms. The number of nitrogens with one attached hydrogen (secondary N) is 1. The molecule has 0 bridgehead atoms. The minimum atomic E-state index is -3.07. The number of nitrogens with two attached hydrogens (primary N) is 1. The molecule has 0 aliphatic rings. The highest BCUT2D eigenvalue weighted by atomic mass is 32.2. The van der Waals surface area contributed by atoms with Gasteiger partial charge >= 0.3 is 0 Å². The van der Waals surface area contributed by atoms with Gasteiger partial charge in [0.2, 0.25) is 10.0 Å². The highest BCUT2D eigenvalue weighted by molar-refractivity contribution is 7.89. The smallest absolute Gasteiger partial charge is 0.211 e. The van der Waals surface area contributed by atoms with Crippen LogP contribution < -0.4 is 10.5 Å². The molecule has 0 radical (unpaired) electrons. The zero-order valence-corrected chi connectivity index (χ0v) is 10.8. The zero-order valence-electron chi connectivity index (χ0n) is 9.99. The van der Waals surface area contributed by atoms with Crippen LogP contribution in [0.4, 0.5) is 0 Å². The molecular formula is C10H24N2O2S. The van der Waals surface area contributed by atoms with Gasteiger partial charge in [-0.05, 0) is 31.2 Å². The predicted octanol–water partition coefficient (Wildman–Crippen LogP) is 0.937. The van der Waals surface area contributed by atoms with Gasteiger partial charge < -0.3 is 5.73 Å². The minimum absolute atomic E-state index is 0.172. The molecule has 1 atom stereocenters. The average Bonchev–Trinajstić information content (AvgIpc) is 2.10. The van der Waals surface area contributed by atoms with Gasteiger partial charge in [-0.2, -0.15) is 0 Å². The predicted molar refractivity (Wildman–Crippen MR) is 64.1 cm³/mol. The fraction of sp³-hybridized carbons (Fsp3) is 1.00. The van der Waals surface area contributed by atoms with Crippen LogP contribution in [0.5, 0.6) is 0 Å². The number of rotatable bonds is 8. The second-order valence-corrected chi connectivity index (χ2v) is 6.40. The van der Waals surface area contributed by atoms with E-state index in [1.54, 1.807) is 0 Å². The van der Waals surface area contributed by atoms with Crippen molar-refractivity contribution >= 4 is 10.0 Å². The third kappa shape index (κ3) is 8.84. The van der Waals surface area contributed by atoms with Crippen LogP contribution in [-0.4, -0.2) is 27.3 Å². The third-order valence-corrected chi connectivity index (χ3v) is 3.90. The average molecular weight is 236 g/mol. The van der Waals surface area contributed by atoms with E-state index in [0.29, 0.717) is 19.0 Å². The largest absolute Gasteiger partial charge is 0.330 e. The second-order valence-electron chi connectivity index (χ2n) is 4.55. The molecule has 3 N–H and O–H groups in total. The molecule has 0 heterocycles. The molecule has 0 saturated carbocycles. The summed E-state index contributed by atoms with van der Waals surface area (Å²) in [6, 6.07) is 0. The second kappa shape index (κ2) is 7.19. The van der Waals surface area contributed by atoms with Crippen LogP contribution in [0, 0.1) is 11.8 Å². The van der Waals surface area contributed by atoms with E-state index in [9.17, 15) is 8.42 Å². The Morgan fingerprint density at radius 2 is 1.87 bits per heavy atom. The summed E-state index contributed by atoms with van der Waals surface area (Å²) < 4.78 is 25.4. The molecule has 0 aromatic rings. The Labute approximate surface area is 93.7 Å². The lowest BCUT2D eigenvalue weighted by molar-refractivity contribution is 0.512. The Bertz CT molecular complexity index is 250. The molecule has 0 aromatic carbocycles. The molecule has 0 rings (SSSR count). The number of hydrogen-bond donors (Lipinski definition) is 2. The monoisotopic (exact) mass is 236 g/mol. The van der Waals surface area contributed by atoms with E-state index in [4.69, 9.17) is 5.73 Å². The SMILES string of the molecule is CC(C)CS(=O)(=O)NCCCC(C)CN. The van der Waals surface area contributed by atoms with Crippen LogP contribution in [0.2, 0.25) is 0 Å². The lowest BCUT2D eigenvalue weighted by atomic mass is 10.1. The van der Waals surface area contributed by atoms with Crippen LogP contribution in [0.25, 0.3) is 0 Å². The molecule has 1 unspecified atom stereocenters. The molecular weight excluding hydrogens is 212 g/mol. The quantitative estimate of drug-likeness (QED) is 0.616. The van der Waals surface area contributed by atoms with Crippen molar-refractivity contribution < 1.29 is 8.42 Å². The van der Waals surface area contributed by atoms with Gasteiger partial charge in [-0.3, -0.25) is 0 Å². The molecule has 0 aromatic heterocycles. The first kappa shape index (κ1) is 14.9. The molecule has 15 heavy (non-hydrogen) atoms. The van der Waals surface area contributed by atoms with Crippen molar-refractivity contribution in [3.63, 3.8) is 0 Å². The topological polar surface area (TPSA) is 72.2 Å².